The van der Waals surface area contributed by atoms with Crippen LogP contribution in [0.15, 0.2) is 4.99 Å². The number of aliphatic imine (C=N–C) groups is 1. The summed E-state index contributed by atoms with van der Waals surface area (Å²) in [6.45, 7) is 9.41. The van der Waals surface area contributed by atoms with Gasteiger partial charge in [-0.15, -0.1) is 0 Å². The number of likely N-dealkylation sites (tertiary alicyclic amines) is 1. The van der Waals surface area contributed by atoms with Crippen LogP contribution in [0, 0.1) is 17.8 Å². The summed E-state index contributed by atoms with van der Waals surface area (Å²) < 4.78 is 21.6. The molecule has 3 saturated heterocycles. The van der Waals surface area contributed by atoms with Crippen LogP contribution in [-0.2, 0) is 28.5 Å². The van der Waals surface area contributed by atoms with Crippen molar-refractivity contribution in [2.75, 3.05) is 78.7 Å². The number of nitrogens with zero attached hydrogens (tertiary/aromatic N) is 6. The number of urea groups is 1. The third-order valence-corrected chi connectivity index (χ3v) is 11.7. The second kappa shape index (κ2) is 22.1. The summed E-state index contributed by atoms with van der Waals surface area (Å²) in [5, 5.41) is 5.08. The number of alkyl carbamates (subject to hydrolysis) is 2. The predicted octanol–water partition coefficient (Wildman–Crippen LogP) is 4.54. The van der Waals surface area contributed by atoms with E-state index in [4.69, 9.17) is 18.9 Å². The summed E-state index contributed by atoms with van der Waals surface area (Å²) in [7, 11) is 0. The topological polar surface area (TPSA) is 209 Å². The third-order valence-electron chi connectivity index (χ3n) is 11.7. The zero-order valence-corrected chi connectivity index (χ0v) is 36.0. The monoisotopic (exact) mass is 846 g/mol. The van der Waals surface area contributed by atoms with Crippen LogP contribution < -0.4 is 10.6 Å². The Hall–Kier alpha value is -4.84. The highest BCUT2D eigenvalue weighted by Crippen LogP contribution is 2.34. The number of piperazine rings is 2. The first-order valence-electron chi connectivity index (χ1n) is 22.0. The Morgan fingerprint density at radius 3 is 1.65 bits per heavy atom. The van der Waals surface area contributed by atoms with E-state index in [1.807, 2.05) is 0 Å². The van der Waals surface area contributed by atoms with Gasteiger partial charge < -0.3 is 38.5 Å². The molecule has 1 unspecified atom stereocenters. The van der Waals surface area contributed by atoms with Crippen molar-refractivity contribution in [3.05, 3.63) is 0 Å². The zero-order chi connectivity index (χ0) is 43.2. The second-order valence-electron chi connectivity index (χ2n) is 17.3. The van der Waals surface area contributed by atoms with Crippen LogP contribution in [-0.4, -0.2) is 163 Å². The number of nitrogens with one attached hydrogen (secondary N) is 2. The largest absolute Gasteiger partial charge is 0.450 e. The van der Waals surface area contributed by atoms with Crippen LogP contribution in [0.25, 0.3) is 0 Å². The molecule has 2 saturated carbocycles. The third kappa shape index (κ3) is 13.3. The number of amides is 8. The van der Waals surface area contributed by atoms with E-state index in [0.717, 1.165) is 56.3 Å². The minimum Gasteiger partial charge on any atom is -0.450 e. The second-order valence-corrected chi connectivity index (χ2v) is 17.3. The Bertz CT molecular complexity index is 1500. The fourth-order valence-corrected chi connectivity index (χ4v) is 8.37. The van der Waals surface area contributed by atoms with E-state index in [1.54, 1.807) is 32.6 Å². The van der Waals surface area contributed by atoms with E-state index < -0.39 is 59.8 Å². The number of hydrogen-bond donors (Lipinski definition) is 2. The molecule has 0 aromatic carbocycles. The van der Waals surface area contributed by atoms with Gasteiger partial charge in [-0.05, 0) is 78.1 Å². The number of ether oxygens (including phenoxy) is 4. The molecule has 2 atom stereocenters. The Morgan fingerprint density at radius 2 is 1.15 bits per heavy atom. The summed E-state index contributed by atoms with van der Waals surface area (Å²) in [5.74, 6) is -1.34. The van der Waals surface area contributed by atoms with Crippen LogP contribution in [0.3, 0.4) is 0 Å². The molecule has 19 nitrogen and oxygen atoms in total. The van der Waals surface area contributed by atoms with Crippen molar-refractivity contribution in [2.45, 2.75) is 116 Å². The average molecular weight is 847 g/mol. The number of carbonyl (C=O) groups excluding carboxylic acids is 7. The summed E-state index contributed by atoms with van der Waals surface area (Å²) in [5.41, 5.74) is -0.682. The van der Waals surface area contributed by atoms with Crippen LogP contribution in [0.2, 0.25) is 0 Å². The fraction of sp³-hybridized carbons (Fsp3) is 0.805. The molecule has 0 aromatic heterocycles. The Morgan fingerprint density at radius 1 is 0.667 bits per heavy atom. The van der Waals surface area contributed by atoms with E-state index in [0.29, 0.717) is 0 Å². The Labute approximate surface area is 353 Å². The van der Waals surface area contributed by atoms with Crippen molar-refractivity contribution in [1.29, 1.82) is 0 Å². The van der Waals surface area contributed by atoms with E-state index in [1.165, 1.54) is 27.5 Å². The SMILES string of the molecule is CCOC(=O)N1CCN(C(=O)N2C(=O)[C@H](CCCN=C(NC(=O)OCC3CCCCC3)NC(=O)OCC3CCCCC3)C2C(=O)N2CCN(C(=O)OC(C)(C)C)CC2)CC1. The number of imide groups is 1. The molecule has 19 heteroatoms. The van der Waals surface area contributed by atoms with Gasteiger partial charge in [-0.1, -0.05) is 38.5 Å². The highest BCUT2D eigenvalue weighted by molar-refractivity contribution is 6.09. The first-order valence-corrected chi connectivity index (χ1v) is 22.0. The maximum Gasteiger partial charge on any atom is 0.413 e. The smallest absolute Gasteiger partial charge is 0.413 e. The molecule has 60 heavy (non-hydrogen) atoms. The van der Waals surface area contributed by atoms with Gasteiger partial charge in [0.1, 0.15) is 11.6 Å². The van der Waals surface area contributed by atoms with Gasteiger partial charge in [-0.2, -0.15) is 0 Å². The van der Waals surface area contributed by atoms with Gasteiger partial charge >= 0.3 is 30.4 Å². The minimum atomic E-state index is -1.09. The van der Waals surface area contributed by atoms with Crippen molar-refractivity contribution in [3.8, 4) is 0 Å². The van der Waals surface area contributed by atoms with E-state index >= 15 is 0 Å². The van der Waals surface area contributed by atoms with Crippen LogP contribution in [0.4, 0.5) is 24.0 Å². The summed E-state index contributed by atoms with van der Waals surface area (Å²) >= 11 is 0. The van der Waals surface area contributed by atoms with Crippen LogP contribution >= 0.6 is 0 Å². The molecule has 0 radical (unpaired) electrons. The standard InChI is InChI=1S/C41H66N8O11/c1-5-57-39(55)47-25-21-46(22-26-47)38(54)49-32(34(51)45-19-23-48(24-20-45)40(56)60-41(2,3)4)31(33(49)50)17-12-18-42-35(43-36(52)58-27-29-13-8-6-9-14-29)44-37(53)59-28-30-15-10-7-11-16-30/h29-32H,5-28H2,1-4H3,(H2,42,43,44,52,53)/t31-,32?/m1/s1. The first-order chi connectivity index (χ1) is 28.7. The molecule has 2 N–H and O–H groups in total. The Kier molecular flexibility index (Phi) is 17.1. The molecule has 8 amide bonds. The van der Waals surface area contributed by atoms with E-state index in [9.17, 15) is 33.6 Å². The lowest BCUT2D eigenvalue weighted by Crippen LogP contribution is -2.72. The van der Waals surface area contributed by atoms with Gasteiger partial charge in [-0.25, -0.2) is 24.0 Å². The summed E-state index contributed by atoms with van der Waals surface area (Å²) in [6, 6.07) is -1.71. The molecule has 3 aliphatic heterocycles. The number of rotatable bonds is 10. The molecular formula is C41H66N8O11. The average Bonchev–Trinajstić information content (AvgIpc) is 3.23. The lowest BCUT2D eigenvalue weighted by Gasteiger charge is -2.49. The Balaban J connectivity index is 1.22. The fourth-order valence-electron chi connectivity index (χ4n) is 8.37. The van der Waals surface area contributed by atoms with Crippen molar-refractivity contribution in [2.24, 2.45) is 22.7 Å². The number of β-lactam (4-membered cyclic amide) rings is 1. The molecule has 3 heterocycles. The molecule has 0 aromatic rings. The van der Waals surface area contributed by atoms with Gasteiger partial charge in [0.25, 0.3) is 0 Å². The van der Waals surface area contributed by atoms with Gasteiger partial charge in [0.15, 0.2) is 0 Å². The van der Waals surface area contributed by atoms with Crippen molar-refractivity contribution >= 4 is 48.2 Å². The van der Waals surface area contributed by atoms with Crippen molar-refractivity contribution in [1.82, 2.24) is 35.1 Å². The van der Waals surface area contributed by atoms with E-state index in [-0.39, 0.29) is 109 Å². The minimum absolute atomic E-state index is 0.0597. The highest BCUT2D eigenvalue weighted by atomic mass is 16.6. The predicted molar refractivity (Wildman–Crippen MR) is 218 cm³/mol. The molecule has 0 spiro atoms. The lowest BCUT2D eigenvalue weighted by molar-refractivity contribution is -0.164. The molecule has 5 fully saturated rings. The van der Waals surface area contributed by atoms with Crippen molar-refractivity contribution < 1.29 is 52.5 Å². The number of carbonyl (C=O) groups is 7. The first kappa shape index (κ1) is 46.2. The van der Waals surface area contributed by atoms with Crippen LogP contribution in [0.5, 0.6) is 0 Å². The van der Waals surface area contributed by atoms with E-state index in [2.05, 4.69) is 15.6 Å². The number of guanidine groups is 1. The van der Waals surface area contributed by atoms with Crippen molar-refractivity contribution in [3.63, 3.8) is 0 Å². The maximum absolute atomic E-state index is 14.2. The maximum atomic E-state index is 14.2. The van der Waals surface area contributed by atoms with Gasteiger partial charge in [0.05, 0.1) is 25.7 Å². The molecule has 5 rings (SSSR count). The normalized spacial score (nSPS) is 21.7. The quantitative estimate of drug-likeness (QED) is 0.103. The summed E-state index contributed by atoms with van der Waals surface area (Å²) in [6.07, 6.45) is 8.65. The molecule has 336 valence electrons. The summed E-state index contributed by atoms with van der Waals surface area (Å²) in [4.78, 5) is 104. The van der Waals surface area contributed by atoms with Gasteiger partial charge in [0, 0.05) is 58.9 Å². The highest BCUT2D eigenvalue weighted by Gasteiger charge is 2.56. The molecule has 2 aliphatic carbocycles. The molecular weight excluding hydrogens is 780 g/mol. The lowest BCUT2D eigenvalue weighted by atomic mass is 9.82. The molecule has 0 bridgehead atoms. The van der Waals surface area contributed by atoms with Gasteiger partial charge in [0.2, 0.25) is 17.8 Å². The number of hydrogen-bond acceptors (Lipinski definition) is 12. The van der Waals surface area contributed by atoms with Crippen LogP contribution in [0.1, 0.15) is 105 Å². The van der Waals surface area contributed by atoms with Gasteiger partial charge in [-0.3, -0.25) is 30.1 Å². The molecule has 5 aliphatic rings. The zero-order valence-electron chi connectivity index (χ0n) is 36.0.